The van der Waals surface area contributed by atoms with Crippen LogP contribution in [0.1, 0.15) is 63.9 Å². The van der Waals surface area contributed by atoms with Crippen LogP contribution < -0.4 is 4.74 Å². The van der Waals surface area contributed by atoms with E-state index in [1.807, 2.05) is 24.3 Å². The number of hydrogen-bond acceptors (Lipinski definition) is 2. The molecule has 0 amide bonds. The van der Waals surface area contributed by atoms with Crippen LogP contribution >= 0.6 is 0 Å². The highest BCUT2D eigenvalue weighted by atomic mass is 19.2. The minimum Gasteiger partial charge on any atom is -0.494 e. The van der Waals surface area contributed by atoms with Gasteiger partial charge in [-0.3, -0.25) is 0 Å². The Bertz CT molecular complexity index is 998. The maximum Gasteiger partial charge on any atom is 0.167 e. The highest BCUT2D eigenvalue weighted by molar-refractivity contribution is 5.72. The van der Waals surface area contributed by atoms with E-state index in [4.69, 9.17) is 9.84 Å². The van der Waals surface area contributed by atoms with Crippen molar-refractivity contribution in [2.45, 2.75) is 64.7 Å². The third-order valence-corrected chi connectivity index (χ3v) is 6.15. The fraction of sp³-hybridized carbons (Fsp3) is 0.400. The first-order valence-electron chi connectivity index (χ1n) is 12.6. The van der Waals surface area contributed by atoms with Crippen molar-refractivity contribution >= 4 is 0 Å². The van der Waals surface area contributed by atoms with E-state index in [1.165, 1.54) is 24.8 Å². The second-order valence-electron chi connectivity index (χ2n) is 8.81. The lowest BCUT2D eigenvalue weighted by molar-refractivity contribution is 0.273. The lowest BCUT2D eigenvalue weighted by Gasteiger charge is -2.11. The van der Waals surface area contributed by atoms with Crippen molar-refractivity contribution < 1.29 is 18.6 Å². The van der Waals surface area contributed by atoms with E-state index in [0.29, 0.717) is 23.5 Å². The number of halogens is 2. The van der Waals surface area contributed by atoms with Gasteiger partial charge in [0.2, 0.25) is 0 Å². The number of benzene rings is 3. The zero-order valence-electron chi connectivity index (χ0n) is 20.2. The van der Waals surface area contributed by atoms with E-state index >= 15 is 0 Å². The number of unbranched alkanes of at least 4 members (excludes halogenated alkanes) is 6. The van der Waals surface area contributed by atoms with Gasteiger partial charge in [0, 0.05) is 17.7 Å². The van der Waals surface area contributed by atoms with Crippen molar-refractivity contribution in [1.82, 2.24) is 0 Å². The summed E-state index contributed by atoms with van der Waals surface area (Å²) in [6, 6.07) is 18.2. The lowest BCUT2D eigenvalue weighted by atomic mass is 9.97. The Morgan fingerprint density at radius 2 is 1.21 bits per heavy atom. The maximum absolute atomic E-state index is 15.0. The molecule has 0 aliphatic rings. The molecule has 182 valence electrons. The Morgan fingerprint density at radius 3 is 1.79 bits per heavy atom. The molecule has 34 heavy (non-hydrogen) atoms. The van der Waals surface area contributed by atoms with Crippen molar-refractivity contribution in [3.05, 3.63) is 77.9 Å². The van der Waals surface area contributed by atoms with E-state index in [2.05, 4.69) is 6.92 Å². The summed E-state index contributed by atoms with van der Waals surface area (Å²) in [7, 11) is 0. The molecular weight excluding hydrogens is 430 g/mol. The zero-order valence-corrected chi connectivity index (χ0v) is 20.2. The fourth-order valence-corrected chi connectivity index (χ4v) is 4.09. The van der Waals surface area contributed by atoms with Crippen molar-refractivity contribution in [3.63, 3.8) is 0 Å². The Morgan fingerprint density at radius 1 is 0.647 bits per heavy atom. The van der Waals surface area contributed by atoms with Crippen molar-refractivity contribution in [2.75, 3.05) is 13.2 Å². The zero-order chi connectivity index (χ0) is 24.2. The third-order valence-electron chi connectivity index (χ3n) is 6.15. The third kappa shape index (κ3) is 7.39. The van der Waals surface area contributed by atoms with Gasteiger partial charge in [0.05, 0.1) is 6.61 Å². The largest absolute Gasteiger partial charge is 0.494 e. The molecule has 3 rings (SSSR count). The van der Waals surface area contributed by atoms with Gasteiger partial charge in [-0.25, -0.2) is 8.78 Å². The van der Waals surface area contributed by atoms with Gasteiger partial charge >= 0.3 is 0 Å². The van der Waals surface area contributed by atoms with Gasteiger partial charge in [0.15, 0.2) is 11.6 Å². The van der Waals surface area contributed by atoms with Gasteiger partial charge in [-0.05, 0) is 60.9 Å². The standard InChI is InChI=1S/C30H36F2O2/c1-2-3-4-7-10-23-11-13-24(14-12-23)27-19-20-28(30(32)29(27)31)25-15-17-26(18-16-25)34-22-9-6-5-8-21-33/h11-20,33H,2-10,21-22H2,1H3. The predicted octanol–water partition coefficient (Wildman–Crippen LogP) is 8.35. The topological polar surface area (TPSA) is 29.5 Å². The summed E-state index contributed by atoms with van der Waals surface area (Å²) >= 11 is 0. The molecule has 0 unspecified atom stereocenters. The van der Waals surface area contributed by atoms with Gasteiger partial charge in [0.1, 0.15) is 5.75 Å². The quantitative estimate of drug-likeness (QED) is 0.242. The van der Waals surface area contributed by atoms with Crippen LogP contribution in [0.5, 0.6) is 5.75 Å². The summed E-state index contributed by atoms with van der Waals surface area (Å²) in [5.74, 6) is -0.951. The van der Waals surface area contributed by atoms with Crippen molar-refractivity contribution in [1.29, 1.82) is 0 Å². The molecule has 0 fully saturated rings. The molecule has 0 spiro atoms. The van der Waals surface area contributed by atoms with Gasteiger partial charge in [-0.2, -0.15) is 0 Å². The normalized spacial score (nSPS) is 11.1. The van der Waals surface area contributed by atoms with Crippen molar-refractivity contribution in [3.8, 4) is 28.0 Å². The SMILES string of the molecule is CCCCCCc1ccc(-c2ccc(-c3ccc(OCCCCCCO)cc3)c(F)c2F)cc1. The summed E-state index contributed by atoms with van der Waals surface area (Å²) in [5.41, 5.74) is 3.04. The summed E-state index contributed by atoms with van der Waals surface area (Å²) in [6.07, 6.45) is 9.58. The molecule has 0 aliphatic heterocycles. The van der Waals surface area contributed by atoms with Crippen LogP contribution in [0.15, 0.2) is 60.7 Å². The van der Waals surface area contributed by atoms with Crippen LogP contribution in [-0.4, -0.2) is 18.3 Å². The van der Waals surface area contributed by atoms with E-state index in [-0.39, 0.29) is 17.7 Å². The Balaban J connectivity index is 1.63. The number of aliphatic hydroxyl groups excluding tert-OH is 1. The first-order chi connectivity index (χ1) is 16.6. The van der Waals surface area contributed by atoms with Gasteiger partial charge in [0.25, 0.3) is 0 Å². The van der Waals surface area contributed by atoms with E-state index < -0.39 is 11.6 Å². The molecule has 0 heterocycles. The molecule has 0 saturated heterocycles. The first-order valence-corrected chi connectivity index (χ1v) is 12.6. The predicted molar refractivity (Wildman–Crippen MR) is 136 cm³/mol. The van der Waals surface area contributed by atoms with E-state index in [1.54, 1.807) is 36.4 Å². The van der Waals surface area contributed by atoms with Crippen LogP contribution in [0.4, 0.5) is 8.78 Å². The number of hydrogen-bond donors (Lipinski definition) is 1. The van der Waals surface area contributed by atoms with Gasteiger partial charge in [-0.1, -0.05) is 81.1 Å². The van der Waals surface area contributed by atoms with E-state index in [0.717, 1.165) is 38.5 Å². The van der Waals surface area contributed by atoms with E-state index in [9.17, 15) is 8.78 Å². The number of rotatable bonds is 14. The van der Waals surface area contributed by atoms with Gasteiger partial charge in [-0.15, -0.1) is 0 Å². The molecule has 2 nitrogen and oxygen atoms in total. The average Bonchev–Trinajstić information content (AvgIpc) is 2.87. The van der Waals surface area contributed by atoms with Crippen molar-refractivity contribution in [2.24, 2.45) is 0 Å². The second-order valence-corrected chi connectivity index (χ2v) is 8.81. The molecule has 0 radical (unpaired) electrons. The minimum atomic E-state index is -0.835. The summed E-state index contributed by atoms with van der Waals surface area (Å²) in [6.45, 7) is 3.02. The monoisotopic (exact) mass is 466 g/mol. The summed E-state index contributed by atoms with van der Waals surface area (Å²) in [5, 5.41) is 8.80. The second kappa shape index (κ2) is 13.9. The Hall–Kier alpha value is -2.72. The first kappa shape index (κ1) is 25.9. The maximum atomic E-state index is 15.0. The highest BCUT2D eigenvalue weighted by Crippen LogP contribution is 2.32. The molecule has 4 heteroatoms. The van der Waals surface area contributed by atoms with Crippen LogP contribution in [0, 0.1) is 11.6 Å². The molecule has 3 aromatic rings. The van der Waals surface area contributed by atoms with Crippen LogP contribution in [0.2, 0.25) is 0 Å². The Labute approximate surface area is 202 Å². The minimum absolute atomic E-state index is 0.228. The average molecular weight is 467 g/mol. The molecule has 0 aliphatic carbocycles. The molecule has 3 aromatic carbocycles. The summed E-state index contributed by atoms with van der Waals surface area (Å²) in [4.78, 5) is 0. The van der Waals surface area contributed by atoms with Crippen LogP contribution in [-0.2, 0) is 6.42 Å². The number of ether oxygens (including phenoxy) is 1. The number of aryl methyl sites for hydroxylation is 1. The molecule has 0 atom stereocenters. The summed E-state index contributed by atoms with van der Waals surface area (Å²) < 4.78 is 35.7. The molecule has 0 saturated carbocycles. The molecule has 1 N–H and O–H groups in total. The smallest absolute Gasteiger partial charge is 0.167 e. The fourth-order valence-electron chi connectivity index (χ4n) is 4.09. The van der Waals surface area contributed by atoms with Crippen LogP contribution in [0.25, 0.3) is 22.3 Å². The number of aliphatic hydroxyl groups is 1. The molecule has 0 bridgehead atoms. The highest BCUT2D eigenvalue weighted by Gasteiger charge is 2.16. The van der Waals surface area contributed by atoms with Gasteiger partial charge < -0.3 is 9.84 Å². The van der Waals surface area contributed by atoms with Crippen LogP contribution in [0.3, 0.4) is 0 Å². The Kier molecular flexibility index (Phi) is 10.6. The molecule has 0 aromatic heterocycles. The lowest BCUT2D eigenvalue weighted by Crippen LogP contribution is -1.98. The molecular formula is C30H36F2O2.